The van der Waals surface area contributed by atoms with Crippen molar-refractivity contribution in [2.45, 2.75) is 5.25 Å². The lowest BCUT2D eigenvalue weighted by molar-refractivity contribution is -0.136. The van der Waals surface area contributed by atoms with Crippen LogP contribution in [0.2, 0.25) is 5.02 Å². The van der Waals surface area contributed by atoms with Crippen LogP contribution in [0.1, 0.15) is 10.8 Å². The molecular formula is C16H13ClO4S. The summed E-state index contributed by atoms with van der Waals surface area (Å²) >= 11 is 6.76. The molecule has 2 rings (SSSR count). The molecule has 0 saturated carbocycles. The van der Waals surface area contributed by atoms with Crippen molar-refractivity contribution in [1.82, 2.24) is 0 Å². The minimum absolute atomic E-state index is 0.513. The maximum Gasteiger partial charge on any atom is 0.368 e. The van der Waals surface area contributed by atoms with Gasteiger partial charge in [-0.15, -0.1) is 0 Å². The molecule has 1 N–H and O–H groups in total. The van der Waals surface area contributed by atoms with E-state index in [2.05, 4.69) is 4.74 Å². The molecule has 114 valence electrons. The van der Waals surface area contributed by atoms with E-state index in [1.54, 1.807) is 30.3 Å². The Labute approximate surface area is 137 Å². The van der Waals surface area contributed by atoms with E-state index in [0.717, 1.165) is 11.1 Å². The van der Waals surface area contributed by atoms with Crippen LogP contribution >= 0.6 is 23.4 Å². The predicted molar refractivity (Wildman–Crippen MR) is 87.3 cm³/mol. The minimum Gasteiger partial charge on any atom is -0.480 e. The number of aliphatic carboxylic acids is 1. The summed E-state index contributed by atoms with van der Waals surface area (Å²) in [4.78, 5) is 22.6. The molecule has 1 unspecified atom stereocenters. The highest BCUT2D eigenvalue weighted by molar-refractivity contribution is 8.14. The van der Waals surface area contributed by atoms with Crippen LogP contribution in [-0.2, 0) is 9.53 Å². The van der Waals surface area contributed by atoms with Gasteiger partial charge in [0.1, 0.15) is 5.25 Å². The number of carbonyl (C=O) groups is 2. The molecule has 22 heavy (non-hydrogen) atoms. The summed E-state index contributed by atoms with van der Waals surface area (Å²) in [7, 11) is 1.22. The molecule has 0 aromatic heterocycles. The van der Waals surface area contributed by atoms with Gasteiger partial charge in [0, 0.05) is 10.6 Å². The Morgan fingerprint density at radius 2 is 1.77 bits per heavy atom. The van der Waals surface area contributed by atoms with Crippen LogP contribution in [0.15, 0.2) is 48.5 Å². The van der Waals surface area contributed by atoms with Crippen LogP contribution in [0.5, 0.6) is 0 Å². The van der Waals surface area contributed by atoms with Crippen molar-refractivity contribution in [1.29, 1.82) is 0 Å². The lowest BCUT2D eigenvalue weighted by Crippen LogP contribution is -2.10. The third-order valence-corrected chi connectivity index (χ3v) is 4.40. The molecule has 6 heteroatoms. The number of hydrogen-bond acceptors (Lipinski definition) is 4. The summed E-state index contributed by atoms with van der Waals surface area (Å²) in [6.07, 6.45) is 0. The summed E-state index contributed by atoms with van der Waals surface area (Å²) < 4.78 is 4.50. The van der Waals surface area contributed by atoms with E-state index in [9.17, 15) is 14.7 Å². The average Bonchev–Trinajstić information content (AvgIpc) is 2.53. The summed E-state index contributed by atoms with van der Waals surface area (Å²) in [6.45, 7) is 0. The number of halogens is 1. The Morgan fingerprint density at radius 1 is 1.14 bits per heavy atom. The normalized spacial score (nSPS) is 11.7. The second kappa shape index (κ2) is 7.33. The maximum absolute atomic E-state index is 11.3. The smallest absolute Gasteiger partial charge is 0.368 e. The number of methoxy groups -OCH3 is 1. The zero-order valence-corrected chi connectivity index (χ0v) is 13.2. The van der Waals surface area contributed by atoms with Crippen molar-refractivity contribution >= 4 is 34.6 Å². The number of hydrogen-bond donors (Lipinski definition) is 1. The summed E-state index contributed by atoms with van der Waals surface area (Å²) in [5, 5.41) is 8.23. The minimum atomic E-state index is -1.10. The number of carboxylic acids is 1. The molecule has 0 aliphatic heterocycles. The van der Waals surface area contributed by atoms with Crippen molar-refractivity contribution in [2.24, 2.45) is 0 Å². The monoisotopic (exact) mass is 336 g/mol. The fourth-order valence-electron chi connectivity index (χ4n) is 1.94. The SMILES string of the molecule is COC(=O)SC(C(=O)O)c1ccc(-c2ccccc2Cl)cc1. The van der Waals surface area contributed by atoms with E-state index in [1.165, 1.54) is 7.11 Å². The highest BCUT2D eigenvalue weighted by Gasteiger charge is 2.24. The zero-order valence-electron chi connectivity index (χ0n) is 11.7. The van der Waals surface area contributed by atoms with Gasteiger partial charge in [0.25, 0.3) is 0 Å². The number of carboxylic acid groups (broad SMARTS) is 1. The van der Waals surface area contributed by atoms with Gasteiger partial charge in [-0.1, -0.05) is 54.1 Å². The predicted octanol–water partition coefficient (Wildman–Crippen LogP) is 4.63. The van der Waals surface area contributed by atoms with Gasteiger partial charge in [-0.3, -0.25) is 4.79 Å². The summed E-state index contributed by atoms with van der Waals surface area (Å²) in [6, 6.07) is 14.3. The average molecular weight is 337 g/mol. The Morgan fingerprint density at radius 3 is 2.32 bits per heavy atom. The first kappa shape index (κ1) is 16.4. The first-order chi connectivity index (χ1) is 10.5. The van der Waals surface area contributed by atoms with E-state index in [4.69, 9.17) is 11.6 Å². The molecule has 0 saturated heterocycles. The van der Waals surface area contributed by atoms with E-state index in [1.807, 2.05) is 18.2 Å². The van der Waals surface area contributed by atoms with Crippen LogP contribution in [0.3, 0.4) is 0 Å². The Bertz CT molecular complexity index is 685. The van der Waals surface area contributed by atoms with Gasteiger partial charge >= 0.3 is 11.3 Å². The summed E-state index contributed by atoms with van der Waals surface area (Å²) in [5.41, 5.74) is 2.25. The molecule has 0 radical (unpaired) electrons. The van der Waals surface area contributed by atoms with Crippen molar-refractivity contribution in [3.63, 3.8) is 0 Å². The van der Waals surface area contributed by atoms with Gasteiger partial charge < -0.3 is 9.84 Å². The standard InChI is InChI=1S/C16H13ClO4S/c1-21-16(20)22-14(15(18)19)11-8-6-10(7-9-11)12-4-2-3-5-13(12)17/h2-9,14H,1H3,(H,18,19). The number of ether oxygens (including phenoxy) is 1. The van der Waals surface area contributed by atoms with Crippen LogP contribution in [-0.4, -0.2) is 23.5 Å². The van der Waals surface area contributed by atoms with Gasteiger partial charge in [0.2, 0.25) is 0 Å². The second-order valence-electron chi connectivity index (χ2n) is 4.39. The number of carbonyl (C=O) groups excluding carboxylic acids is 1. The van der Waals surface area contributed by atoms with Crippen molar-refractivity contribution < 1.29 is 19.4 Å². The highest BCUT2D eigenvalue weighted by atomic mass is 35.5. The fourth-order valence-corrected chi connectivity index (χ4v) is 2.87. The third kappa shape index (κ3) is 3.81. The molecule has 0 amide bonds. The molecule has 0 fully saturated rings. The molecular weight excluding hydrogens is 324 g/mol. The van der Waals surface area contributed by atoms with E-state index in [0.29, 0.717) is 22.3 Å². The number of rotatable bonds is 4. The van der Waals surface area contributed by atoms with Gasteiger partial charge in [-0.25, -0.2) is 4.79 Å². The van der Waals surface area contributed by atoms with Crippen LogP contribution in [0, 0.1) is 0 Å². The molecule has 0 spiro atoms. The van der Waals surface area contributed by atoms with Crippen molar-refractivity contribution in [2.75, 3.05) is 7.11 Å². The van der Waals surface area contributed by atoms with E-state index >= 15 is 0 Å². The first-order valence-electron chi connectivity index (χ1n) is 6.35. The van der Waals surface area contributed by atoms with E-state index in [-0.39, 0.29) is 0 Å². The molecule has 1 atom stereocenters. The third-order valence-electron chi connectivity index (χ3n) is 3.00. The molecule has 4 nitrogen and oxygen atoms in total. The second-order valence-corrected chi connectivity index (χ2v) is 5.84. The highest BCUT2D eigenvalue weighted by Crippen LogP contribution is 2.33. The molecule has 0 aliphatic rings. The van der Waals surface area contributed by atoms with Crippen LogP contribution in [0.25, 0.3) is 11.1 Å². The Hall–Kier alpha value is -1.98. The van der Waals surface area contributed by atoms with E-state index < -0.39 is 16.5 Å². The zero-order chi connectivity index (χ0) is 16.1. The Kier molecular flexibility index (Phi) is 5.46. The number of benzene rings is 2. The quantitative estimate of drug-likeness (QED) is 0.824. The maximum atomic E-state index is 11.3. The fraction of sp³-hybridized carbons (Fsp3) is 0.125. The number of thioether (sulfide) groups is 1. The van der Waals surface area contributed by atoms with Crippen molar-refractivity contribution in [3.8, 4) is 11.1 Å². The van der Waals surface area contributed by atoms with Gasteiger partial charge in [-0.2, -0.15) is 0 Å². The largest absolute Gasteiger partial charge is 0.480 e. The molecule has 0 bridgehead atoms. The first-order valence-corrected chi connectivity index (χ1v) is 7.61. The van der Waals surface area contributed by atoms with Crippen molar-refractivity contribution in [3.05, 3.63) is 59.1 Å². The topological polar surface area (TPSA) is 63.6 Å². The molecule has 0 aliphatic carbocycles. The summed E-state index contributed by atoms with van der Waals surface area (Å²) in [5.74, 6) is -1.10. The Balaban J connectivity index is 2.28. The lowest BCUT2D eigenvalue weighted by atomic mass is 10.0. The van der Waals surface area contributed by atoms with Crippen LogP contribution < -0.4 is 0 Å². The molecule has 2 aromatic carbocycles. The van der Waals surface area contributed by atoms with Gasteiger partial charge in [0.05, 0.1) is 7.11 Å². The molecule has 0 heterocycles. The van der Waals surface area contributed by atoms with Crippen LogP contribution in [0.4, 0.5) is 4.79 Å². The lowest BCUT2D eigenvalue weighted by Gasteiger charge is -2.12. The van der Waals surface area contributed by atoms with Gasteiger partial charge in [0.15, 0.2) is 0 Å². The van der Waals surface area contributed by atoms with Gasteiger partial charge in [-0.05, 0) is 29.0 Å². The molecule has 2 aromatic rings.